The zero-order valence-electron chi connectivity index (χ0n) is 14.2. The summed E-state index contributed by atoms with van der Waals surface area (Å²) in [6.07, 6.45) is 2.75. The normalized spacial score (nSPS) is 17.0. The fourth-order valence-electron chi connectivity index (χ4n) is 2.95. The maximum atomic E-state index is 12.9. The molecule has 6 heteroatoms. The third-order valence-electron chi connectivity index (χ3n) is 4.22. The monoisotopic (exact) mass is 363 g/mol. The summed E-state index contributed by atoms with van der Waals surface area (Å²) in [7, 11) is 0. The number of nitrogens with one attached hydrogen (secondary N) is 1. The molecule has 1 amide bonds. The highest BCUT2D eigenvalue weighted by Crippen LogP contribution is 2.37. The molecule has 3 rings (SSSR count). The lowest BCUT2D eigenvalue weighted by Crippen LogP contribution is -2.31. The molecule has 4 nitrogen and oxygen atoms in total. The molecule has 2 heterocycles. The number of aromatic nitrogens is 2. The van der Waals surface area contributed by atoms with E-state index in [2.05, 4.69) is 24.3 Å². The first kappa shape index (κ1) is 17.4. The van der Waals surface area contributed by atoms with Gasteiger partial charge in [-0.3, -0.25) is 9.48 Å². The zero-order chi connectivity index (χ0) is 17.3. The number of aryl methyl sites for hydroxylation is 1. The molecule has 1 aromatic heterocycles. The van der Waals surface area contributed by atoms with Crippen LogP contribution in [0.25, 0.3) is 0 Å². The van der Waals surface area contributed by atoms with E-state index in [0.717, 1.165) is 30.0 Å². The van der Waals surface area contributed by atoms with Crippen molar-refractivity contribution in [1.29, 1.82) is 0 Å². The first-order valence-electron chi connectivity index (χ1n) is 8.30. The standard InChI is InChI=1S/C18H22ClN3OS/c1-4-22-10-14(17(21-22)11(2)3)18(23)20-15-7-8-24-16-6-5-12(19)9-13(15)16/h5-6,9-11,15H,4,7-8H2,1-3H3,(H,20,23)/t15-/m1/s1. The van der Waals surface area contributed by atoms with Crippen LogP contribution in [0.5, 0.6) is 0 Å². The van der Waals surface area contributed by atoms with E-state index < -0.39 is 0 Å². The highest BCUT2D eigenvalue weighted by atomic mass is 35.5. The third-order valence-corrected chi connectivity index (χ3v) is 5.58. The molecule has 0 saturated carbocycles. The van der Waals surface area contributed by atoms with Crippen LogP contribution in [-0.4, -0.2) is 21.4 Å². The van der Waals surface area contributed by atoms with Gasteiger partial charge in [0.05, 0.1) is 17.3 Å². The molecule has 1 aromatic carbocycles. The average Bonchev–Trinajstić information content (AvgIpc) is 3.00. The van der Waals surface area contributed by atoms with Gasteiger partial charge in [-0.1, -0.05) is 25.4 Å². The Labute approximate surface area is 152 Å². The molecule has 0 fully saturated rings. The Bertz CT molecular complexity index is 757. The van der Waals surface area contributed by atoms with E-state index in [1.807, 2.05) is 47.8 Å². The average molecular weight is 364 g/mol. The quantitative estimate of drug-likeness (QED) is 0.860. The van der Waals surface area contributed by atoms with Crippen molar-refractivity contribution >= 4 is 29.3 Å². The summed E-state index contributed by atoms with van der Waals surface area (Å²) < 4.78 is 1.83. The Balaban J connectivity index is 1.86. The molecule has 128 valence electrons. The molecule has 0 saturated heterocycles. The predicted molar refractivity (Wildman–Crippen MR) is 99.0 cm³/mol. The summed E-state index contributed by atoms with van der Waals surface area (Å²) in [5, 5.41) is 8.42. The number of fused-ring (bicyclic) bond motifs is 1. The second kappa shape index (κ2) is 7.19. The molecule has 1 N–H and O–H groups in total. The summed E-state index contributed by atoms with van der Waals surface area (Å²) in [4.78, 5) is 14.1. The Morgan fingerprint density at radius 3 is 3.00 bits per heavy atom. The minimum Gasteiger partial charge on any atom is -0.345 e. The highest BCUT2D eigenvalue weighted by molar-refractivity contribution is 7.99. The number of halogens is 1. The Morgan fingerprint density at radius 1 is 1.50 bits per heavy atom. The number of benzene rings is 1. The SMILES string of the molecule is CCn1cc(C(=O)N[C@@H]2CCSc3ccc(Cl)cc32)c(C(C)C)n1. The molecule has 0 bridgehead atoms. The van der Waals surface area contributed by atoms with Gasteiger partial charge >= 0.3 is 0 Å². The number of carbonyl (C=O) groups is 1. The summed E-state index contributed by atoms with van der Waals surface area (Å²) in [6.45, 7) is 6.90. The van der Waals surface area contributed by atoms with Crippen molar-refractivity contribution in [2.45, 2.75) is 50.6 Å². The molecule has 0 spiro atoms. The summed E-state index contributed by atoms with van der Waals surface area (Å²) >= 11 is 7.96. The van der Waals surface area contributed by atoms with Crippen LogP contribution in [0.4, 0.5) is 0 Å². The van der Waals surface area contributed by atoms with Gasteiger partial charge < -0.3 is 5.32 Å². The minimum atomic E-state index is -0.0544. The van der Waals surface area contributed by atoms with E-state index in [9.17, 15) is 4.79 Å². The minimum absolute atomic E-state index is 0.00237. The lowest BCUT2D eigenvalue weighted by atomic mass is 10.0. The predicted octanol–water partition coefficient (Wildman–Crippen LogP) is 4.65. The molecule has 1 atom stereocenters. The van der Waals surface area contributed by atoms with Crippen LogP contribution in [0, 0.1) is 0 Å². The molecule has 0 aliphatic carbocycles. The second-order valence-corrected chi connectivity index (χ2v) is 7.86. The molecule has 2 aromatic rings. The third kappa shape index (κ3) is 3.47. The van der Waals surface area contributed by atoms with Crippen LogP contribution in [0.2, 0.25) is 5.02 Å². The fraction of sp³-hybridized carbons (Fsp3) is 0.444. The van der Waals surface area contributed by atoms with Gasteiger partial charge in [0.15, 0.2) is 0 Å². The number of thioether (sulfide) groups is 1. The van der Waals surface area contributed by atoms with Crippen molar-refractivity contribution in [3.05, 3.63) is 46.2 Å². The molecule has 1 aliphatic heterocycles. The Hall–Kier alpha value is -1.46. The molecule has 1 aliphatic rings. The maximum absolute atomic E-state index is 12.9. The Kier molecular flexibility index (Phi) is 5.21. The van der Waals surface area contributed by atoms with Crippen molar-refractivity contribution in [2.24, 2.45) is 0 Å². The highest BCUT2D eigenvalue weighted by Gasteiger charge is 2.25. The summed E-state index contributed by atoms with van der Waals surface area (Å²) in [5.74, 6) is 1.15. The van der Waals surface area contributed by atoms with Gasteiger partial charge in [-0.05, 0) is 43.0 Å². The van der Waals surface area contributed by atoms with Crippen LogP contribution in [-0.2, 0) is 6.54 Å². The second-order valence-electron chi connectivity index (χ2n) is 6.28. The molecule has 24 heavy (non-hydrogen) atoms. The maximum Gasteiger partial charge on any atom is 0.255 e. The molecular weight excluding hydrogens is 342 g/mol. The van der Waals surface area contributed by atoms with Gasteiger partial charge in [-0.15, -0.1) is 11.8 Å². The first-order chi connectivity index (χ1) is 11.5. The van der Waals surface area contributed by atoms with Crippen LogP contribution in [0.1, 0.15) is 60.8 Å². The topological polar surface area (TPSA) is 46.9 Å². The summed E-state index contributed by atoms with van der Waals surface area (Å²) in [5.41, 5.74) is 2.64. The van der Waals surface area contributed by atoms with Gasteiger partial charge in [0, 0.05) is 28.4 Å². The van der Waals surface area contributed by atoms with E-state index in [0.29, 0.717) is 10.6 Å². The number of hydrogen-bond acceptors (Lipinski definition) is 3. The lowest BCUT2D eigenvalue weighted by molar-refractivity contribution is 0.0933. The van der Waals surface area contributed by atoms with E-state index in [4.69, 9.17) is 11.6 Å². The first-order valence-corrected chi connectivity index (χ1v) is 9.66. The van der Waals surface area contributed by atoms with Crippen LogP contribution in [0.15, 0.2) is 29.3 Å². The molecule has 0 radical (unpaired) electrons. The fourth-order valence-corrected chi connectivity index (χ4v) is 4.24. The smallest absolute Gasteiger partial charge is 0.255 e. The van der Waals surface area contributed by atoms with Crippen molar-refractivity contribution < 1.29 is 4.79 Å². The van der Waals surface area contributed by atoms with Gasteiger partial charge in [0.25, 0.3) is 5.91 Å². The van der Waals surface area contributed by atoms with Gasteiger partial charge in [0.2, 0.25) is 0 Å². The van der Waals surface area contributed by atoms with E-state index in [1.165, 1.54) is 4.90 Å². The number of rotatable bonds is 4. The Morgan fingerprint density at radius 2 is 2.29 bits per heavy atom. The zero-order valence-corrected chi connectivity index (χ0v) is 15.7. The van der Waals surface area contributed by atoms with Crippen molar-refractivity contribution in [3.63, 3.8) is 0 Å². The number of nitrogens with zero attached hydrogens (tertiary/aromatic N) is 2. The molecule has 0 unspecified atom stereocenters. The van der Waals surface area contributed by atoms with Crippen molar-refractivity contribution in [1.82, 2.24) is 15.1 Å². The van der Waals surface area contributed by atoms with Crippen LogP contribution in [0.3, 0.4) is 0 Å². The molecular formula is C18H22ClN3OS. The van der Waals surface area contributed by atoms with E-state index in [1.54, 1.807) is 0 Å². The largest absolute Gasteiger partial charge is 0.345 e. The van der Waals surface area contributed by atoms with E-state index >= 15 is 0 Å². The van der Waals surface area contributed by atoms with Crippen molar-refractivity contribution in [3.8, 4) is 0 Å². The van der Waals surface area contributed by atoms with Gasteiger partial charge in [0.1, 0.15) is 0 Å². The number of amides is 1. The van der Waals surface area contributed by atoms with Crippen LogP contribution < -0.4 is 5.32 Å². The van der Waals surface area contributed by atoms with Gasteiger partial charge in [-0.25, -0.2) is 0 Å². The summed E-state index contributed by atoms with van der Waals surface area (Å²) in [6, 6.07) is 5.90. The number of carbonyl (C=O) groups excluding carboxylic acids is 1. The van der Waals surface area contributed by atoms with Crippen molar-refractivity contribution in [2.75, 3.05) is 5.75 Å². The van der Waals surface area contributed by atoms with Gasteiger partial charge in [-0.2, -0.15) is 5.10 Å². The van der Waals surface area contributed by atoms with Crippen LogP contribution >= 0.6 is 23.4 Å². The number of hydrogen-bond donors (Lipinski definition) is 1. The lowest BCUT2D eigenvalue weighted by Gasteiger charge is -2.26. The van der Waals surface area contributed by atoms with E-state index in [-0.39, 0.29) is 17.9 Å².